The van der Waals surface area contributed by atoms with Crippen LogP contribution in [0.3, 0.4) is 0 Å². The third-order valence-corrected chi connectivity index (χ3v) is 2.73. The van der Waals surface area contributed by atoms with Crippen LogP contribution in [-0.4, -0.2) is 18.4 Å². The molecule has 1 aromatic carbocycles. The van der Waals surface area contributed by atoms with Crippen LogP contribution in [-0.2, 0) is 14.3 Å². The van der Waals surface area contributed by atoms with E-state index in [0.29, 0.717) is 11.5 Å². The smallest absolute Gasteiger partial charge is 0.341 e. The van der Waals surface area contributed by atoms with E-state index in [4.69, 9.17) is 13.9 Å². The number of hydrogen-bond donors (Lipinski definition) is 0. The molecule has 114 valence electrons. The molecule has 0 N–H and O–H groups in total. The van der Waals surface area contributed by atoms with Gasteiger partial charge in [-0.05, 0) is 38.1 Å². The molecule has 2 rings (SSSR count). The molecule has 0 aliphatic carbocycles. The van der Waals surface area contributed by atoms with Crippen molar-refractivity contribution in [1.82, 2.24) is 0 Å². The number of carbonyl (C=O) groups is 2. The minimum absolute atomic E-state index is 0.0672. The lowest BCUT2D eigenvalue weighted by Crippen LogP contribution is -2.13. The van der Waals surface area contributed by atoms with Gasteiger partial charge in [0.1, 0.15) is 17.1 Å². The quantitative estimate of drug-likeness (QED) is 0.353. The predicted molar refractivity (Wildman–Crippen MR) is 80.5 cm³/mol. The summed E-state index contributed by atoms with van der Waals surface area (Å²) in [7, 11) is 0. The first kappa shape index (κ1) is 15.6. The van der Waals surface area contributed by atoms with Crippen LogP contribution in [0.15, 0.2) is 52.5 Å². The second-order valence-electron chi connectivity index (χ2n) is 4.41. The summed E-state index contributed by atoms with van der Waals surface area (Å²) in [6.07, 6.45) is 1.35. The minimum Gasteiger partial charge on any atom is -0.462 e. The number of Topliss-reactive ketones (excluding diaryl/α,β-unsaturated/α-hetero) is 1. The number of carbonyl (C=O) groups excluding carboxylic acids is 2. The molecule has 0 radical (unpaired) electrons. The molecule has 2 aromatic rings. The zero-order valence-electron chi connectivity index (χ0n) is 12.4. The van der Waals surface area contributed by atoms with Crippen molar-refractivity contribution in [3.63, 3.8) is 0 Å². The van der Waals surface area contributed by atoms with E-state index >= 15 is 0 Å². The van der Waals surface area contributed by atoms with Crippen LogP contribution in [0.25, 0.3) is 6.08 Å². The Balaban J connectivity index is 2.17. The van der Waals surface area contributed by atoms with Gasteiger partial charge in [0.05, 0.1) is 6.61 Å². The highest BCUT2D eigenvalue weighted by atomic mass is 16.6. The monoisotopic (exact) mass is 300 g/mol. The largest absolute Gasteiger partial charge is 0.462 e. The Bertz CT molecular complexity index is 682. The van der Waals surface area contributed by atoms with Crippen molar-refractivity contribution in [3.8, 4) is 11.7 Å². The second-order valence-corrected chi connectivity index (χ2v) is 4.41. The molecule has 1 heterocycles. The van der Waals surface area contributed by atoms with Gasteiger partial charge in [-0.25, -0.2) is 4.79 Å². The van der Waals surface area contributed by atoms with Gasteiger partial charge in [-0.3, -0.25) is 4.79 Å². The highest BCUT2D eigenvalue weighted by Crippen LogP contribution is 2.24. The fraction of sp³-hybridized carbons (Fsp3) is 0.176. The fourth-order valence-electron chi connectivity index (χ4n) is 1.73. The summed E-state index contributed by atoms with van der Waals surface area (Å²) in [5.74, 6) is 0.176. The maximum atomic E-state index is 11.7. The molecule has 0 bridgehead atoms. The van der Waals surface area contributed by atoms with Crippen LogP contribution in [0.5, 0.6) is 11.7 Å². The van der Waals surface area contributed by atoms with Crippen LogP contribution in [0.2, 0.25) is 0 Å². The van der Waals surface area contributed by atoms with Crippen molar-refractivity contribution < 1.29 is 23.5 Å². The number of rotatable bonds is 6. The molecule has 0 atom stereocenters. The van der Waals surface area contributed by atoms with E-state index in [1.165, 1.54) is 13.0 Å². The van der Waals surface area contributed by atoms with Crippen molar-refractivity contribution in [2.45, 2.75) is 13.8 Å². The van der Waals surface area contributed by atoms with Gasteiger partial charge < -0.3 is 13.9 Å². The van der Waals surface area contributed by atoms with Crippen LogP contribution >= 0.6 is 0 Å². The second kappa shape index (κ2) is 7.26. The number of benzene rings is 1. The van der Waals surface area contributed by atoms with E-state index < -0.39 is 5.97 Å². The Morgan fingerprint density at radius 2 is 1.86 bits per heavy atom. The van der Waals surface area contributed by atoms with Gasteiger partial charge in [0.2, 0.25) is 0 Å². The molecule has 0 aliphatic heterocycles. The highest BCUT2D eigenvalue weighted by molar-refractivity contribution is 6.19. The lowest BCUT2D eigenvalue weighted by Gasteiger charge is -2.02. The molecule has 0 saturated carbocycles. The van der Waals surface area contributed by atoms with E-state index in [1.54, 1.807) is 31.2 Å². The Morgan fingerprint density at radius 3 is 2.50 bits per heavy atom. The molecule has 5 nitrogen and oxygen atoms in total. The van der Waals surface area contributed by atoms with Gasteiger partial charge in [0, 0.05) is 6.07 Å². The summed E-state index contributed by atoms with van der Waals surface area (Å²) < 4.78 is 15.8. The summed E-state index contributed by atoms with van der Waals surface area (Å²) in [4.78, 5) is 23.2. The van der Waals surface area contributed by atoms with Gasteiger partial charge >= 0.3 is 5.97 Å². The lowest BCUT2D eigenvalue weighted by atomic mass is 10.1. The zero-order valence-corrected chi connectivity index (χ0v) is 12.4. The standard InChI is InChI=1S/C17H16O5/c1-3-20-17(19)15(12(2)18)11-14-9-10-16(22-14)21-13-7-5-4-6-8-13/h4-11H,3H2,1-2H3/b15-11+. The molecular formula is C17H16O5. The van der Waals surface area contributed by atoms with E-state index in [2.05, 4.69) is 0 Å². The third kappa shape index (κ3) is 4.09. The summed E-state index contributed by atoms with van der Waals surface area (Å²) in [6, 6.07) is 12.4. The van der Waals surface area contributed by atoms with Gasteiger partial charge in [-0.15, -0.1) is 0 Å². The average Bonchev–Trinajstić information content (AvgIpc) is 2.93. The van der Waals surface area contributed by atoms with Crippen LogP contribution in [0, 0.1) is 0 Å². The number of furan rings is 1. The zero-order chi connectivity index (χ0) is 15.9. The van der Waals surface area contributed by atoms with Gasteiger partial charge in [0.15, 0.2) is 5.78 Å². The Hall–Kier alpha value is -2.82. The number of para-hydroxylation sites is 1. The summed E-state index contributed by atoms with van der Waals surface area (Å²) in [5, 5.41) is 0. The SMILES string of the molecule is CCOC(=O)/C(=C/c1ccc(Oc2ccccc2)o1)C(C)=O. The molecule has 1 aromatic heterocycles. The topological polar surface area (TPSA) is 65.7 Å². The van der Waals surface area contributed by atoms with Crippen molar-refractivity contribution >= 4 is 17.8 Å². The molecule has 0 aliphatic rings. The molecule has 0 spiro atoms. The third-order valence-electron chi connectivity index (χ3n) is 2.73. The van der Waals surface area contributed by atoms with Gasteiger partial charge in [0.25, 0.3) is 5.95 Å². The maximum Gasteiger partial charge on any atom is 0.341 e. The molecule has 0 unspecified atom stereocenters. The summed E-state index contributed by atoms with van der Waals surface area (Å²) >= 11 is 0. The van der Waals surface area contributed by atoms with E-state index in [9.17, 15) is 9.59 Å². The van der Waals surface area contributed by atoms with Gasteiger partial charge in [-0.1, -0.05) is 18.2 Å². The highest BCUT2D eigenvalue weighted by Gasteiger charge is 2.16. The minimum atomic E-state index is -0.670. The first-order chi connectivity index (χ1) is 10.6. The fourth-order valence-corrected chi connectivity index (χ4v) is 1.73. The maximum absolute atomic E-state index is 11.7. The molecule has 0 saturated heterocycles. The van der Waals surface area contributed by atoms with Crippen molar-refractivity contribution in [2.24, 2.45) is 0 Å². The molecule has 5 heteroatoms. The Kier molecular flexibility index (Phi) is 5.14. The van der Waals surface area contributed by atoms with Crippen molar-refractivity contribution in [3.05, 3.63) is 53.8 Å². The van der Waals surface area contributed by atoms with Crippen LogP contribution in [0.4, 0.5) is 0 Å². The summed E-state index contributed by atoms with van der Waals surface area (Å²) in [6.45, 7) is 3.17. The summed E-state index contributed by atoms with van der Waals surface area (Å²) in [5.41, 5.74) is -0.0672. The normalized spacial score (nSPS) is 11.1. The first-order valence-electron chi connectivity index (χ1n) is 6.82. The number of hydrogen-bond acceptors (Lipinski definition) is 5. The van der Waals surface area contributed by atoms with Crippen LogP contribution < -0.4 is 4.74 Å². The number of ketones is 1. The average molecular weight is 300 g/mol. The predicted octanol–water partition coefficient (Wildman–Crippen LogP) is 3.61. The first-order valence-corrected chi connectivity index (χ1v) is 6.82. The molecule has 0 amide bonds. The Labute approximate surface area is 128 Å². The van der Waals surface area contributed by atoms with E-state index in [-0.39, 0.29) is 23.9 Å². The van der Waals surface area contributed by atoms with E-state index in [1.807, 2.05) is 18.2 Å². The Morgan fingerprint density at radius 1 is 1.14 bits per heavy atom. The van der Waals surface area contributed by atoms with Crippen LogP contribution in [0.1, 0.15) is 19.6 Å². The van der Waals surface area contributed by atoms with Crippen molar-refractivity contribution in [2.75, 3.05) is 6.61 Å². The number of esters is 1. The van der Waals surface area contributed by atoms with Crippen molar-refractivity contribution in [1.29, 1.82) is 0 Å². The van der Waals surface area contributed by atoms with Gasteiger partial charge in [-0.2, -0.15) is 0 Å². The number of ether oxygens (including phenoxy) is 2. The molecule has 0 fully saturated rings. The lowest BCUT2D eigenvalue weighted by molar-refractivity contribution is -0.139. The molecular weight excluding hydrogens is 284 g/mol. The molecule has 22 heavy (non-hydrogen) atoms. The van der Waals surface area contributed by atoms with E-state index in [0.717, 1.165) is 0 Å².